The van der Waals surface area contributed by atoms with Crippen molar-refractivity contribution in [2.75, 3.05) is 43.4 Å². The van der Waals surface area contributed by atoms with E-state index in [-0.39, 0.29) is 6.61 Å². The summed E-state index contributed by atoms with van der Waals surface area (Å²) >= 11 is 7.52. The number of piperazine rings is 1. The van der Waals surface area contributed by atoms with E-state index in [9.17, 15) is 10.0 Å². The monoisotopic (exact) mass is 436 g/mol. The van der Waals surface area contributed by atoms with Crippen molar-refractivity contribution < 1.29 is 14.7 Å². The molecule has 0 spiro atoms. The Labute approximate surface area is 180 Å². The third-order valence-electron chi connectivity index (χ3n) is 4.63. The number of aromatic nitrogens is 1. The summed E-state index contributed by atoms with van der Waals surface area (Å²) in [5.41, 5.74) is 1.06. The zero-order chi connectivity index (χ0) is 20.5. The van der Waals surface area contributed by atoms with Crippen molar-refractivity contribution in [3.63, 3.8) is 0 Å². The molecule has 1 amide bonds. The van der Waals surface area contributed by atoms with Gasteiger partial charge in [-0.25, -0.2) is 14.4 Å². The maximum absolute atomic E-state index is 11.0. The van der Waals surface area contributed by atoms with Crippen LogP contribution in [0.3, 0.4) is 0 Å². The predicted octanol–water partition coefficient (Wildman–Crippen LogP) is 2.94. The average molecular weight is 437 g/mol. The van der Waals surface area contributed by atoms with Crippen LogP contribution < -0.4 is 4.90 Å². The van der Waals surface area contributed by atoms with Crippen LogP contribution in [0.1, 0.15) is 5.56 Å². The van der Waals surface area contributed by atoms with Gasteiger partial charge in [0.1, 0.15) is 5.82 Å². The van der Waals surface area contributed by atoms with Crippen LogP contribution in [0.15, 0.2) is 48.7 Å². The standard InChI is InChI=1S/C20H25ClN4O3S/c21-18-6-7-20(22-12-18)23-8-10-24(11-9-23)29-15-19(25(27)16-26)14-28-13-17-4-2-1-3-5-17/h1-7,12,16,19,27H,8-11,13-15H2. The zero-order valence-corrected chi connectivity index (χ0v) is 17.6. The smallest absolute Gasteiger partial charge is 0.233 e. The van der Waals surface area contributed by atoms with E-state index in [4.69, 9.17) is 16.3 Å². The fraction of sp³-hybridized carbons (Fsp3) is 0.400. The van der Waals surface area contributed by atoms with Gasteiger partial charge in [-0.2, -0.15) is 0 Å². The molecule has 7 nitrogen and oxygen atoms in total. The van der Waals surface area contributed by atoms with Crippen LogP contribution in [-0.4, -0.2) is 70.6 Å². The number of halogens is 1. The van der Waals surface area contributed by atoms with Crippen molar-refractivity contribution in [1.29, 1.82) is 0 Å². The molecule has 3 rings (SSSR count). The lowest BCUT2D eigenvalue weighted by Gasteiger charge is -2.35. The van der Waals surface area contributed by atoms with Crippen molar-refractivity contribution in [2.45, 2.75) is 12.6 Å². The van der Waals surface area contributed by atoms with Crippen molar-refractivity contribution >= 4 is 35.8 Å². The fourth-order valence-electron chi connectivity index (χ4n) is 2.97. The summed E-state index contributed by atoms with van der Waals surface area (Å²) in [6, 6.07) is 13.2. The third kappa shape index (κ3) is 6.87. The highest BCUT2D eigenvalue weighted by atomic mass is 35.5. The van der Waals surface area contributed by atoms with Crippen LogP contribution in [0.2, 0.25) is 5.02 Å². The average Bonchev–Trinajstić information content (AvgIpc) is 2.77. The molecule has 1 atom stereocenters. The van der Waals surface area contributed by atoms with E-state index in [0.717, 1.165) is 37.6 Å². The highest BCUT2D eigenvalue weighted by Gasteiger charge is 2.22. The Bertz CT molecular complexity index is 745. The quantitative estimate of drug-likeness (QED) is 0.266. The second-order valence-corrected chi connectivity index (χ2v) is 8.23. The van der Waals surface area contributed by atoms with Gasteiger partial charge in [-0.3, -0.25) is 10.0 Å². The first-order chi connectivity index (χ1) is 14.2. The van der Waals surface area contributed by atoms with Gasteiger partial charge in [0.25, 0.3) is 0 Å². The van der Waals surface area contributed by atoms with Crippen molar-refractivity contribution in [1.82, 2.24) is 14.4 Å². The first-order valence-corrected chi connectivity index (χ1v) is 10.8. The van der Waals surface area contributed by atoms with Crippen molar-refractivity contribution in [2.24, 2.45) is 0 Å². The molecule has 1 saturated heterocycles. The topological polar surface area (TPSA) is 69.1 Å². The SMILES string of the molecule is O=CN(O)C(COCc1ccccc1)CSN1CCN(c2ccc(Cl)cn2)CC1. The summed E-state index contributed by atoms with van der Waals surface area (Å²) in [6.07, 6.45) is 2.09. The van der Waals surface area contributed by atoms with Gasteiger partial charge >= 0.3 is 0 Å². The molecule has 1 aromatic carbocycles. The minimum atomic E-state index is -0.405. The number of hydrogen-bond acceptors (Lipinski definition) is 7. The van der Waals surface area contributed by atoms with Crippen molar-refractivity contribution in [3.8, 4) is 0 Å². The number of nitrogens with zero attached hydrogens (tertiary/aromatic N) is 4. The molecule has 156 valence electrons. The Morgan fingerprint density at radius 3 is 2.62 bits per heavy atom. The Hall–Kier alpha value is -1.84. The van der Waals surface area contributed by atoms with E-state index >= 15 is 0 Å². The zero-order valence-electron chi connectivity index (χ0n) is 16.1. The molecular weight excluding hydrogens is 412 g/mol. The van der Waals surface area contributed by atoms with E-state index in [2.05, 4.69) is 14.2 Å². The van der Waals surface area contributed by atoms with E-state index in [1.165, 1.54) is 0 Å². The molecule has 0 saturated carbocycles. The van der Waals surface area contributed by atoms with Crippen LogP contribution in [0, 0.1) is 0 Å². The van der Waals surface area contributed by atoms with E-state index in [1.54, 1.807) is 18.1 Å². The number of ether oxygens (including phenoxy) is 1. The van der Waals surface area contributed by atoms with E-state index < -0.39 is 6.04 Å². The summed E-state index contributed by atoms with van der Waals surface area (Å²) in [5.74, 6) is 1.48. The van der Waals surface area contributed by atoms with Gasteiger partial charge in [-0.1, -0.05) is 53.9 Å². The van der Waals surface area contributed by atoms with Crippen LogP contribution in [0.4, 0.5) is 5.82 Å². The second kappa shape index (κ2) is 11.4. The minimum absolute atomic E-state index is 0.270. The van der Waals surface area contributed by atoms with E-state index in [1.807, 2.05) is 42.5 Å². The lowest BCUT2D eigenvalue weighted by molar-refractivity contribution is -0.163. The highest BCUT2D eigenvalue weighted by Crippen LogP contribution is 2.20. The van der Waals surface area contributed by atoms with E-state index in [0.29, 0.717) is 28.9 Å². The molecule has 1 N–H and O–H groups in total. The molecular formula is C20H25ClN4O3S. The number of hydroxylamine groups is 2. The molecule has 0 bridgehead atoms. The maximum atomic E-state index is 11.0. The third-order valence-corrected chi connectivity index (χ3v) is 6.12. The molecule has 1 aliphatic rings. The summed E-state index contributed by atoms with van der Waals surface area (Å²) < 4.78 is 7.95. The molecule has 1 aliphatic heterocycles. The summed E-state index contributed by atoms with van der Waals surface area (Å²) in [4.78, 5) is 17.6. The normalized spacial score (nSPS) is 15.9. The molecule has 0 aliphatic carbocycles. The van der Waals surface area contributed by atoms with Gasteiger partial charge in [0.2, 0.25) is 6.41 Å². The molecule has 2 heterocycles. The van der Waals surface area contributed by atoms with Crippen LogP contribution in [0.25, 0.3) is 0 Å². The number of pyridine rings is 1. The lowest BCUT2D eigenvalue weighted by Crippen LogP contribution is -2.45. The first-order valence-electron chi connectivity index (χ1n) is 9.44. The Kier molecular flexibility index (Phi) is 8.57. The number of carbonyl (C=O) groups is 1. The number of amides is 1. The number of carbonyl (C=O) groups excluding carboxylic acids is 1. The summed E-state index contributed by atoms with van der Waals surface area (Å²) in [5, 5.41) is 11.2. The Morgan fingerprint density at radius 1 is 1.21 bits per heavy atom. The maximum Gasteiger partial charge on any atom is 0.233 e. The molecule has 29 heavy (non-hydrogen) atoms. The van der Waals surface area contributed by atoms with Gasteiger partial charge in [0.05, 0.1) is 24.3 Å². The Balaban J connectivity index is 1.42. The molecule has 0 radical (unpaired) electrons. The van der Waals surface area contributed by atoms with Crippen molar-refractivity contribution in [3.05, 3.63) is 59.2 Å². The van der Waals surface area contributed by atoms with Crippen LogP contribution in [0.5, 0.6) is 0 Å². The highest BCUT2D eigenvalue weighted by molar-refractivity contribution is 7.97. The number of hydrogen-bond donors (Lipinski definition) is 1. The van der Waals surface area contributed by atoms with Gasteiger partial charge < -0.3 is 9.64 Å². The minimum Gasteiger partial charge on any atom is -0.374 e. The molecule has 2 aromatic rings. The van der Waals surface area contributed by atoms with Gasteiger partial charge in [0.15, 0.2) is 0 Å². The second-order valence-electron chi connectivity index (χ2n) is 6.69. The number of benzene rings is 1. The van der Waals surface area contributed by atoms with Gasteiger partial charge in [0, 0.05) is 38.1 Å². The van der Waals surface area contributed by atoms with Gasteiger partial charge in [-0.15, -0.1) is 0 Å². The van der Waals surface area contributed by atoms with Crippen LogP contribution in [-0.2, 0) is 16.1 Å². The number of anilines is 1. The summed E-state index contributed by atoms with van der Waals surface area (Å²) in [6.45, 7) is 4.14. The fourth-order valence-corrected chi connectivity index (χ4v) is 4.13. The molecule has 9 heteroatoms. The molecule has 1 aromatic heterocycles. The predicted molar refractivity (Wildman–Crippen MR) is 115 cm³/mol. The van der Waals surface area contributed by atoms with Crippen LogP contribution >= 0.6 is 23.5 Å². The lowest BCUT2D eigenvalue weighted by atomic mass is 10.2. The largest absolute Gasteiger partial charge is 0.374 e. The first kappa shape index (κ1) is 21.9. The summed E-state index contributed by atoms with van der Waals surface area (Å²) in [7, 11) is 0. The Morgan fingerprint density at radius 2 is 1.97 bits per heavy atom. The van der Waals surface area contributed by atoms with Gasteiger partial charge in [-0.05, 0) is 17.7 Å². The molecule has 1 fully saturated rings. The number of rotatable bonds is 10. The molecule has 1 unspecified atom stereocenters.